The Labute approximate surface area is 210 Å². The molecule has 5 rings (SSSR count). The summed E-state index contributed by atoms with van der Waals surface area (Å²) in [5.41, 5.74) is 5.81. The number of nitrogens with zero attached hydrogens (tertiary/aromatic N) is 2. The van der Waals surface area contributed by atoms with Gasteiger partial charge in [0.05, 0.1) is 11.8 Å². The van der Waals surface area contributed by atoms with Crippen LogP contribution >= 0.6 is 15.9 Å². The highest BCUT2D eigenvalue weighted by atomic mass is 79.9. The minimum Gasteiger partial charge on any atom is -0.490 e. The van der Waals surface area contributed by atoms with E-state index in [2.05, 4.69) is 96.8 Å². The van der Waals surface area contributed by atoms with Gasteiger partial charge in [0.15, 0.2) is 0 Å². The predicted octanol–water partition coefficient (Wildman–Crippen LogP) is 7.55. The standard InChI is InChI=1S/C29H29BrN2O2/c1-5-16-33-23-13-8-19(9-14-23)25-18-26-24-17-22(30)12-15-27(24)34-28(32(26)31-25)20-6-10-21(11-7-20)29(2,3)4/h5-15,17,26,28H,1,16,18H2,2-4H3/t26-,28+/m1/s1. The third-order valence-electron chi connectivity index (χ3n) is 6.37. The Hall–Kier alpha value is -3.05. The zero-order valence-corrected chi connectivity index (χ0v) is 21.4. The first-order chi connectivity index (χ1) is 16.3. The van der Waals surface area contributed by atoms with Crippen molar-refractivity contribution in [2.24, 2.45) is 5.10 Å². The van der Waals surface area contributed by atoms with Gasteiger partial charge in [-0.15, -0.1) is 0 Å². The minimum atomic E-state index is -0.277. The molecule has 2 atom stereocenters. The first-order valence-corrected chi connectivity index (χ1v) is 12.4. The second-order valence-corrected chi connectivity index (χ2v) is 10.7. The maximum Gasteiger partial charge on any atom is 0.213 e. The smallest absolute Gasteiger partial charge is 0.213 e. The Morgan fingerprint density at radius 2 is 1.82 bits per heavy atom. The zero-order valence-electron chi connectivity index (χ0n) is 19.8. The molecule has 0 saturated carbocycles. The average molecular weight is 517 g/mol. The molecule has 174 valence electrons. The molecule has 0 radical (unpaired) electrons. The summed E-state index contributed by atoms with van der Waals surface area (Å²) >= 11 is 3.63. The van der Waals surface area contributed by atoms with Crippen LogP contribution in [0.15, 0.2) is 89.0 Å². The molecular weight excluding hydrogens is 488 g/mol. The number of halogens is 1. The normalized spacial score (nSPS) is 19.1. The molecule has 0 bridgehead atoms. The predicted molar refractivity (Wildman–Crippen MR) is 141 cm³/mol. The molecule has 0 saturated heterocycles. The van der Waals surface area contributed by atoms with Gasteiger partial charge in [0.25, 0.3) is 0 Å². The highest BCUT2D eigenvalue weighted by molar-refractivity contribution is 9.10. The molecule has 34 heavy (non-hydrogen) atoms. The fraction of sp³-hybridized carbons (Fsp3) is 0.276. The lowest BCUT2D eigenvalue weighted by atomic mass is 9.86. The van der Waals surface area contributed by atoms with Crippen LogP contribution in [0.25, 0.3) is 0 Å². The van der Waals surface area contributed by atoms with Gasteiger partial charge in [-0.2, -0.15) is 5.10 Å². The number of fused-ring (bicyclic) bond motifs is 3. The summed E-state index contributed by atoms with van der Waals surface area (Å²) in [6.45, 7) is 10.9. The zero-order chi connectivity index (χ0) is 23.9. The van der Waals surface area contributed by atoms with Crippen LogP contribution in [0.5, 0.6) is 11.5 Å². The highest BCUT2D eigenvalue weighted by Gasteiger charge is 2.41. The van der Waals surface area contributed by atoms with Crippen molar-refractivity contribution < 1.29 is 9.47 Å². The first-order valence-electron chi connectivity index (χ1n) is 11.6. The van der Waals surface area contributed by atoms with E-state index in [1.54, 1.807) is 6.08 Å². The molecule has 0 fully saturated rings. The van der Waals surface area contributed by atoms with Gasteiger partial charge in [-0.1, -0.05) is 73.6 Å². The average Bonchev–Trinajstić information content (AvgIpc) is 3.28. The highest BCUT2D eigenvalue weighted by Crippen LogP contribution is 2.48. The van der Waals surface area contributed by atoms with Gasteiger partial charge < -0.3 is 9.47 Å². The quantitative estimate of drug-likeness (QED) is 0.328. The Balaban J connectivity index is 1.50. The summed E-state index contributed by atoms with van der Waals surface area (Å²) in [5, 5.41) is 7.21. The molecule has 0 spiro atoms. The number of hydrazone groups is 1. The monoisotopic (exact) mass is 516 g/mol. The molecule has 2 heterocycles. The van der Waals surface area contributed by atoms with Crippen molar-refractivity contribution in [1.82, 2.24) is 5.01 Å². The van der Waals surface area contributed by atoms with Crippen LogP contribution in [0.3, 0.4) is 0 Å². The van der Waals surface area contributed by atoms with Crippen LogP contribution in [-0.2, 0) is 5.41 Å². The first kappa shape index (κ1) is 22.7. The number of ether oxygens (including phenoxy) is 2. The number of benzene rings is 3. The van der Waals surface area contributed by atoms with Crippen LogP contribution < -0.4 is 9.47 Å². The second-order valence-electron chi connectivity index (χ2n) is 9.80. The molecular formula is C29H29BrN2O2. The Bertz CT molecular complexity index is 1230. The van der Waals surface area contributed by atoms with Crippen LogP contribution in [0, 0.1) is 0 Å². The van der Waals surface area contributed by atoms with Crippen LogP contribution in [-0.4, -0.2) is 17.3 Å². The van der Waals surface area contributed by atoms with Crippen molar-refractivity contribution in [3.63, 3.8) is 0 Å². The minimum absolute atomic E-state index is 0.105. The summed E-state index contributed by atoms with van der Waals surface area (Å²) in [7, 11) is 0. The third-order valence-corrected chi connectivity index (χ3v) is 6.86. The van der Waals surface area contributed by atoms with Crippen molar-refractivity contribution in [2.45, 2.75) is 44.9 Å². The number of rotatable bonds is 5. The van der Waals surface area contributed by atoms with Crippen molar-refractivity contribution >= 4 is 21.6 Å². The largest absolute Gasteiger partial charge is 0.490 e. The summed E-state index contributed by atoms with van der Waals surface area (Å²) in [6.07, 6.45) is 2.29. The van der Waals surface area contributed by atoms with Crippen LogP contribution in [0.2, 0.25) is 0 Å². The molecule has 0 N–H and O–H groups in total. The Morgan fingerprint density at radius 1 is 1.09 bits per heavy atom. The van der Waals surface area contributed by atoms with Gasteiger partial charge in [-0.25, -0.2) is 5.01 Å². The molecule has 0 amide bonds. The molecule has 2 aliphatic heterocycles. The van der Waals surface area contributed by atoms with E-state index in [-0.39, 0.29) is 17.7 Å². The molecule has 3 aromatic carbocycles. The van der Waals surface area contributed by atoms with E-state index < -0.39 is 0 Å². The topological polar surface area (TPSA) is 34.1 Å². The van der Waals surface area contributed by atoms with E-state index in [0.717, 1.165) is 44.8 Å². The van der Waals surface area contributed by atoms with E-state index in [0.29, 0.717) is 6.61 Å². The summed E-state index contributed by atoms with van der Waals surface area (Å²) in [6, 6.07) is 23.2. The van der Waals surface area contributed by atoms with Crippen molar-refractivity contribution in [1.29, 1.82) is 0 Å². The van der Waals surface area contributed by atoms with Crippen molar-refractivity contribution in [3.8, 4) is 11.5 Å². The van der Waals surface area contributed by atoms with E-state index in [1.807, 2.05) is 18.2 Å². The SMILES string of the molecule is C=CCOc1ccc(C2=NN3[C@H](C2)c2cc(Br)ccc2O[C@H]3c2ccc(C(C)(C)C)cc2)cc1. The molecule has 3 aromatic rings. The van der Waals surface area contributed by atoms with E-state index in [9.17, 15) is 0 Å². The van der Waals surface area contributed by atoms with Gasteiger partial charge in [0.1, 0.15) is 18.1 Å². The van der Waals surface area contributed by atoms with Crippen molar-refractivity contribution in [2.75, 3.05) is 6.61 Å². The summed E-state index contributed by atoms with van der Waals surface area (Å²) < 4.78 is 13.2. The summed E-state index contributed by atoms with van der Waals surface area (Å²) in [5.74, 6) is 1.74. The van der Waals surface area contributed by atoms with Gasteiger partial charge in [-0.3, -0.25) is 0 Å². The maximum atomic E-state index is 6.53. The molecule has 0 unspecified atom stereocenters. The molecule has 0 aliphatic carbocycles. The lowest BCUT2D eigenvalue weighted by Crippen LogP contribution is -2.33. The number of hydrogen-bond acceptors (Lipinski definition) is 4. The fourth-order valence-electron chi connectivity index (χ4n) is 4.50. The maximum absolute atomic E-state index is 6.53. The molecule has 2 aliphatic rings. The van der Waals surface area contributed by atoms with E-state index in [4.69, 9.17) is 14.6 Å². The second kappa shape index (κ2) is 8.95. The Kier molecular flexibility index (Phi) is 5.98. The molecule has 4 nitrogen and oxygen atoms in total. The third kappa shape index (κ3) is 4.37. The molecule has 5 heteroatoms. The lowest BCUT2D eigenvalue weighted by Gasteiger charge is -2.38. The van der Waals surface area contributed by atoms with E-state index in [1.165, 1.54) is 5.56 Å². The molecule has 0 aromatic heterocycles. The van der Waals surface area contributed by atoms with Gasteiger partial charge in [-0.05, 0) is 59.0 Å². The fourth-order valence-corrected chi connectivity index (χ4v) is 4.88. The van der Waals surface area contributed by atoms with Gasteiger partial charge >= 0.3 is 0 Å². The van der Waals surface area contributed by atoms with Crippen molar-refractivity contribution in [3.05, 3.63) is 106 Å². The lowest BCUT2D eigenvalue weighted by molar-refractivity contribution is -0.0191. The van der Waals surface area contributed by atoms with Crippen LogP contribution in [0.1, 0.15) is 61.7 Å². The Morgan fingerprint density at radius 3 is 2.50 bits per heavy atom. The van der Waals surface area contributed by atoms with E-state index >= 15 is 0 Å². The van der Waals surface area contributed by atoms with Crippen LogP contribution in [0.4, 0.5) is 0 Å². The van der Waals surface area contributed by atoms with Gasteiger partial charge in [0, 0.05) is 22.0 Å². The number of hydrogen-bond donors (Lipinski definition) is 0. The van der Waals surface area contributed by atoms with Gasteiger partial charge in [0.2, 0.25) is 6.23 Å². The summed E-state index contributed by atoms with van der Waals surface area (Å²) in [4.78, 5) is 0.